The summed E-state index contributed by atoms with van der Waals surface area (Å²) in [7, 11) is 0. The van der Waals surface area contributed by atoms with Crippen molar-refractivity contribution in [2.45, 2.75) is 143 Å². The van der Waals surface area contributed by atoms with Crippen molar-refractivity contribution in [3.05, 3.63) is 24.3 Å². The van der Waals surface area contributed by atoms with Crippen molar-refractivity contribution in [2.24, 2.45) is 0 Å². The zero-order valence-corrected chi connectivity index (χ0v) is 26.1. The molecule has 0 aliphatic carbocycles. The van der Waals surface area contributed by atoms with Crippen LogP contribution in [0.15, 0.2) is 24.3 Å². The number of benzene rings is 1. The Morgan fingerprint density at radius 3 is 1.49 bits per heavy atom. The van der Waals surface area contributed by atoms with Gasteiger partial charge < -0.3 is 14.2 Å². The Labute approximate surface area is 242 Å². The van der Waals surface area contributed by atoms with Gasteiger partial charge in [-0.2, -0.15) is 0 Å². The molecule has 0 saturated carbocycles. The van der Waals surface area contributed by atoms with Crippen molar-refractivity contribution in [3.8, 4) is 11.5 Å². The van der Waals surface area contributed by atoms with Crippen LogP contribution in [0.4, 0.5) is 0 Å². The maximum Gasteiger partial charge on any atom is 0.152 e. The fourth-order valence-electron chi connectivity index (χ4n) is 5.59. The normalized spacial score (nSPS) is 19.0. The summed E-state index contributed by atoms with van der Waals surface area (Å²) in [6, 6.07) is 8.37. The minimum Gasteiger partial charge on any atom is -0.475 e. The summed E-state index contributed by atoms with van der Waals surface area (Å²) in [5, 5.41) is 0. The van der Waals surface area contributed by atoms with Crippen LogP contribution >= 0.6 is 0 Å². The first-order valence-electron chi connectivity index (χ1n) is 16.7. The lowest BCUT2D eigenvalue weighted by Crippen LogP contribution is -2.41. The van der Waals surface area contributed by atoms with Crippen LogP contribution in [-0.2, 0) is 4.74 Å². The predicted octanol–water partition coefficient (Wildman–Crippen LogP) is 9.05. The van der Waals surface area contributed by atoms with Crippen molar-refractivity contribution < 1.29 is 14.2 Å². The molecule has 2 rings (SSSR count). The van der Waals surface area contributed by atoms with E-state index < -0.39 is 0 Å². The van der Waals surface area contributed by atoms with Crippen molar-refractivity contribution in [1.29, 1.82) is 0 Å². The number of fused-ring (bicyclic) bond motifs is 2. The van der Waals surface area contributed by atoms with E-state index in [1.165, 1.54) is 77.0 Å². The lowest BCUT2D eigenvalue weighted by Gasteiger charge is -2.33. The fourth-order valence-corrected chi connectivity index (χ4v) is 5.59. The van der Waals surface area contributed by atoms with Gasteiger partial charge in [0.2, 0.25) is 0 Å². The van der Waals surface area contributed by atoms with Gasteiger partial charge in [0.25, 0.3) is 0 Å². The van der Waals surface area contributed by atoms with Gasteiger partial charge in [0.1, 0.15) is 11.5 Å². The zero-order valence-electron chi connectivity index (χ0n) is 26.1. The number of ether oxygens (including phenoxy) is 3. The molecule has 5 heteroatoms. The molecule has 226 valence electrons. The standard InChI is InChI=1S/C34H62N2O3/c1-5-9-11-13-15-17-26-35(7-3)33-24-20-28-37-29-21-25-34(39-32-23-19-22-31(30-32)38-33)36(8-4)27-18-16-14-12-10-6-2/h19,22-23,30,33-34H,5-18,20-21,24-29H2,1-4H3. The maximum absolute atomic E-state index is 6.66. The molecule has 1 heterocycles. The highest BCUT2D eigenvalue weighted by Gasteiger charge is 2.22. The average molecular weight is 547 g/mol. The lowest BCUT2D eigenvalue weighted by atomic mass is 10.1. The van der Waals surface area contributed by atoms with E-state index in [9.17, 15) is 0 Å². The highest BCUT2D eigenvalue weighted by molar-refractivity contribution is 5.33. The Morgan fingerprint density at radius 2 is 1.05 bits per heavy atom. The Kier molecular flexibility index (Phi) is 19.5. The van der Waals surface area contributed by atoms with Gasteiger partial charge in [0, 0.05) is 45.2 Å². The number of rotatable bonds is 18. The maximum atomic E-state index is 6.66. The van der Waals surface area contributed by atoms with Gasteiger partial charge in [0.15, 0.2) is 12.5 Å². The third kappa shape index (κ3) is 14.8. The highest BCUT2D eigenvalue weighted by Crippen LogP contribution is 2.26. The summed E-state index contributed by atoms with van der Waals surface area (Å²) >= 11 is 0. The van der Waals surface area contributed by atoms with E-state index in [-0.39, 0.29) is 12.5 Å². The zero-order chi connectivity index (χ0) is 28.0. The molecule has 0 aromatic heterocycles. The first kappa shape index (κ1) is 33.9. The van der Waals surface area contributed by atoms with Gasteiger partial charge in [0.05, 0.1) is 0 Å². The first-order valence-corrected chi connectivity index (χ1v) is 16.7. The molecule has 2 bridgehead atoms. The van der Waals surface area contributed by atoms with Crippen LogP contribution in [0.5, 0.6) is 11.5 Å². The quantitative estimate of drug-likeness (QED) is 0.172. The van der Waals surface area contributed by atoms with Crippen LogP contribution in [0.1, 0.15) is 130 Å². The predicted molar refractivity (Wildman–Crippen MR) is 166 cm³/mol. The molecule has 5 nitrogen and oxygen atoms in total. The van der Waals surface area contributed by atoms with Crippen LogP contribution in [0.25, 0.3) is 0 Å². The molecule has 1 aromatic carbocycles. The lowest BCUT2D eigenvalue weighted by molar-refractivity contribution is 0.000336. The van der Waals surface area contributed by atoms with E-state index in [0.29, 0.717) is 0 Å². The summed E-state index contributed by atoms with van der Waals surface area (Å²) in [5.74, 6) is 1.82. The molecule has 0 saturated heterocycles. The van der Waals surface area contributed by atoms with Gasteiger partial charge in [-0.1, -0.05) is 98.0 Å². The van der Waals surface area contributed by atoms with Crippen LogP contribution in [0, 0.1) is 0 Å². The summed E-state index contributed by atoms with van der Waals surface area (Å²) in [4.78, 5) is 5.03. The van der Waals surface area contributed by atoms with E-state index >= 15 is 0 Å². The Bertz CT molecular complexity index is 648. The third-order valence-corrected chi connectivity index (χ3v) is 8.05. The molecule has 1 aromatic rings. The molecule has 1 aliphatic heterocycles. The molecule has 0 fully saturated rings. The van der Waals surface area contributed by atoms with Crippen molar-refractivity contribution in [3.63, 3.8) is 0 Å². The summed E-state index contributed by atoms with van der Waals surface area (Å²) in [6.07, 6.45) is 20.0. The van der Waals surface area contributed by atoms with E-state index in [2.05, 4.69) is 61.8 Å². The molecule has 0 N–H and O–H groups in total. The van der Waals surface area contributed by atoms with Crippen LogP contribution in [0.2, 0.25) is 0 Å². The van der Waals surface area contributed by atoms with Gasteiger partial charge in [-0.25, -0.2) is 0 Å². The van der Waals surface area contributed by atoms with E-state index in [0.717, 1.165) is 76.6 Å². The minimum absolute atomic E-state index is 0.0723. The van der Waals surface area contributed by atoms with E-state index in [1.54, 1.807) is 0 Å². The van der Waals surface area contributed by atoms with E-state index in [4.69, 9.17) is 14.2 Å². The van der Waals surface area contributed by atoms with Gasteiger partial charge in [-0.3, -0.25) is 9.80 Å². The van der Waals surface area contributed by atoms with Gasteiger partial charge >= 0.3 is 0 Å². The molecular weight excluding hydrogens is 484 g/mol. The molecule has 0 amide bonds. The fraction of sp³-hybridized carbons (Fsp3) is 0.824. The van der Waals surface area contributed by atoms with Crippen molar-refractivity contribution in [2.75, 3.05) is 39.4 Å². The average Bonchev–Trinajstić information content (AvgIpc) is 2.95. The third-order valence-electron chi connectivity index (χ3n) is 8.05. The van der Waals surface area contributed by atoms with Crippen LogP contribution in [-0.4, -0.2) is 61.6 Å². The molecule has 0 spiro atoms. The number of hydrogen-bond donors (Lipinski definition) is 0. The smallest absolute Gasteiger partial charge is 0.152 e. The second-order valence-corrected chi connectivity index (χ2v) is 11.3. The monoisotopic (exact) mass is 546 g/mol. The largest absolute Gasteiger partial charge is 0.475 e. The van der Waals surface area contributed by atoms with Crippen molar-refractivity contribution in [1.82, 2.24) is 9.80 Å². The molecular formula is C34H62N2O3. The number of unbranched alkanes of at least 4 members (excludes halogenated alkanes) is 10. The molecule has 2 atom stereocenters. The highest BCUT2D eigenvalue weighted by atomic mass is 16.5. The number of nitrogens with zero attached hydrogens (tertiary/aromatic N) is 2. The molecule has 1 aliphatic rings. The second-order valence-electron chi connectivity index (χ2n) is 11.3. The molecule has 39 heavy (non-hydrogen) atoms. The molecule has 0 radical (unpaired) electrons. The first-order chi connectivity index (χ1) is 19.2. The summed E-state index contributed by atoms with van der Waals surface area (Å²) < 4.78 is 19.4. The van der Waals surface area contributed by atoms with Crippen molar-refractivity contribution >= 4 is 0 Å². The topological polar surface area (TPSA) is 34.2 Å². The second kappa shape index (κ2) is 22.4. The Balaban J connectivity index is 2.03. The summed E-state index contributed by atoms with van der Waals surface area (Å²) in [5.41, 5.74) is 0. The number of hydrogen-bond acceptors (Lipinski definition) is 5. The Morgan fingerprint density at radius 1 is 0.615 bits per heavy atom. The van der Waals surface area contributed by atoms with E-state index in [1.807, 2.05) is 0 Å². The summed E-state index contributed by atoms with van der Waals surface area (Å²) in [6.45, 7) is 14.9. The Hall–Kier alpha value is -1.30. The minimum atomic E-state index is 0.0723. The van der Waals surface area contributed by atoms with Crippen LogP contribution in [0.3, 0.4) is 0 Å². The van der Waals surface area contributed by atoms with Gasteiger partial charge in [-0.05, 0) is 50.9 Å². The van der Waals surface area contributed by atoms with Crippen LogP contribution < -0.4 is 9.47 Å². The van der Waals surface area contributed by atoms with Gasteiger partial charge in [-0.15, -0.1) is 0 Å². The SMILES string of the molecule is CCCCCCCCN(CC)C1CCCOCCCC(N(CC)CCCCCCCC)Oc2cccc(c2)O1. The molecule has 2 unspecified atom stereocenters.